The topological polar surface area (TPSA) is 77.4 Å². The minimum atomic E-state index is -1.63. The summed E-state index contributed by atoms with van der Waals surface area (Å²) in [5.41, 5.74) is 0. The fraction of sp³-hybridized carbons (Fsp3) is 0.950. The highest BCUT2D eigenvalue weighted by molar-refractivity contribution is 6.84. The maximum atomic E-state index is 12.1. The molecule has 0 amide bonds. The molecule has 0 aliphatic rings. The van der Waals surface area contributed by atoms with Gasteiger partial charge in [0.25, 0.3) is 0 Å². The molecule has 0 aromatic carbocycles. The third-order valence-corrected chi connectivity index (χ3v) is 10.8. The summed E-state index contributed by atoms with van der Waals surface area (Å²) >= 11 is 0. The van der Waals surface area contributed by atoms with E-state index in [0.29, 0.717) is 19.6 Å². The van der Waals surface area contributed by atoms with E-state index < -0.39 is 22.7 Å². The van der Waals surface area contributed by atoms with Crippen molar-refractivity contribution in [3.63, 3.8) is 0 Å². The summed E-state index contributed by atoms with van der Waals surface area (Å²) in [4.78, 5) is 2.20. The van der Waals surface area contributed by atoms with Crippen molar-refractivity contribution in [3.8, 4) is 0 Å². The summed E-state index contributed by atoms with van der Waals surface area (Å²) in [7, 11) is 0.535. The van der Waals surface area contributed by atoms with Gasteiger partial charge in [-0.15, -0.1) is 5.10 Å². The highest BCUT2D eigenvalue weighted by atomic mass is 28.4. The van der Waals surface area contributed by atoms with E-state index in [1.807, 2.05) is 14.1 Å². The van der Waals surface area contributed by atoms with Crippen LogP contribution in [0.15, 0.2) is 5.10 Å². The predicted molar refractivity (Wildman–Crippen MR) is 125 cm³/mol. The van der Waals surface area contributed by atoms with E-state index in [1.165, 1.54) is 0 Å². The van der Waals surface area contributed by atoms with Gasteiger partial charge in [0.05, 0.1) is 20.7 Å². The third-order valence-electron chi connectivity index (χ3n) is 4.54. The molecule has 0 aliphatic heterocycles. The summed E-state index contributed by atoms with van der Waals surface area (Å²) in [6.07, 6.45) is 0.714. The quantitative estimate of drug-likeness (QED) is 0.0977. The van der Waals surface area contributed by atoms with Gasteiger partial charge in [0, 0.05) is 19.0 Å². The molecule has 0 fully saturated rings. The minimum Gasteiger partial charge on any atom is -0.858 e. The van der Waals surface area contributed by atoms with Gasteiger partial charge in [-0.05, 0) is 64.7 Å². The molecule has 7 nitrogen and oxygen atoms in total. The molecule has 0 spiro atoms. The maximum absolute atomic E-state index is 12.1. The standard InChI is InChI=1S/C20H47N3O4Si2/c1-10-22(11-2)14-13-20(25)21-23(3,4)17-19(24)18-26-15-12-16-29(8,9)27-28(5,6)7/h19,24H,10-18H2,1-9H3. The molecule has 0 saturated carbocycles. The summed E-state index contributed by atoms with van der Waals surface area (Å²) in [5, 5.41) is 26.7. The van der Waals surface area contributed by atoms with Crippen molar-refractivity contribution in [1.82, 2.24) is 4.90 Å². The lowest BCUT2D eigenvalue weighted by Gasteiger charge is -2.31. The van der Waals surface area contributed by atoms with E-state index >= 15 is 0 Å². The first-order valence-electron chi connectivity index (χ1n) is 11.0. The van der Waals surface area contributed by atoms with Crippen LogP contribution >= 0.6 is 0 Å². The average molecular weight is 450 g/mol. The third kappa shape index (κ3) is 16.1. The molecule has 174 valence electrons. The second-order valence-electron chi connectivity index (χ2n) is 9.88. The van der Waals surface area contributed by atoms with Gasteiger partial charge in [-0.25, -0.2) is 4.59 Å². The van der Waals surface area contributed by atoms with Crippen LogP contribution in [0.4, 0.5) is 0 Å². The van der Waals surface area contributed by atoms with E-state index in [-0.39, 0.29) is 17.1 Å². The van der Waals surface area contributed by atoms with E-state index in [9.17, 15) is 10.2 Å². The lowest BCUT2D eigenvalue weighted by Crippen LogP contribution is -2.44. The zero-order valence-corrected chi connectivity index (χ0v) is 22.5. The van der Waals surface area contributed by atoms with E-state index in [1.54, 1.807) is 0 Å². The first-order valence-corrected chi connectivity index (χ1v) is 17.5. The van der Waals surface area contributed by atoms with Crippen LogP contribution in [0, 0.1) is 0 Å². The van der Waals surface area contributed by atoms with Gasteiger partial charge >= 0.3 is 0 Å². The Morgan fingerprint density at radius 3 is 2.24 bits per heavy atom. The van der Waals surface area contributed by atoms with Gasteiger partial charge < -0.3 is 24.0 Å². The normalized spacial score (nSPS) is 15.2. The van der Waals surface area contributed by atoms with Crippen LogP contribution in [0.1, 0.15) is 26.7 Å². The number of nitrogens with zero attached hydrogens (tertiary/aromatic N) is 3. The number of hydrogen-bond acceptors (Lipinski definition) is 6. The van der Waals surface area contributed by atoms with Crippen molar-refractivity contribution in [3.05, 3.63) is 0 Å². The van der Waals surface area contributed by atoms with Gasteiger partial charge in [-0.3, -0.25) is 0 Å². The molecule has 9 heteroatoms. The Kier molecular flexibility index (Phi) is 13.1. The highest BCUT2D eigenvalue weighted by Gasteiger charge is 2.29. The van der Waals surface area contributed by atoms with Crippen LogP contribution in [0.3, 0.4) is 0 Å². The number of quaternary nitrogens is 1. The molecule has 0 saturated heterocycles. The molecule has 1 unspecified atom stereocenters. The van der Waals surface area contributed by atoms with Crippen molar-refractivity contribution in [2.24, 2.45) is 5.10 Å². The molecular formula is C20H47N3O4Si2. The number of rotatable bonds is 16. The SMILES string of the molecule is CCN(CC)CC/C([O-])=N/[N+](C)(C)CC(O)COCCC[Si](C)(C)O[Si](C)(C)C. The Labute approximate surface area is 181 Å². The van der Waals surface area contributed by atoms with Crippen molar-refractivity contribution in [2.45, 2.75) is 71.6 Å². The largest absolute Gasteiger partial charge is 0.858 e. The summed E-state index contributed by atoms with van der Waals surface area (Å²) in [6.45, 7) is 19.2. The molecule has 0 aliphatic carbocycles. The zero-order chi connectivity index (χ0) is 22.7. The number of hydrogen-bond donors (Lipinski definition) is 1. The van der Waals surface area contributed by atoms with Crippen molar-refractivity contribution < 1.29 is 23.7 Å². The van der Waals surface area contributed by atoms with E-state index in [4.69, 9.17) is 8.85 Å². The van der Waals surface area contributed by atoms with Crippen LogP contribution in [-0.4, -0.2) is 96.7 Å². The van der Waals surface area contributed by atoms with Gasteiger partial charge in [0.2, 0.25) is 0 Å². The lowest BCUT2D eigenvalue weighted by molar-refractivity contribution is -0.901. The van der Waals surface area contributed by atoms with Crippen LogP contribution in [-0.2, 0) is 8.85 Å². The number of aliphatic hydroxyl groups excluding tert-OH is 1. The Morgan fingerprint density at radius 2 is 1.72 bits per heavy atom. The number of aliphatic hydroxyl groups is 1. The van der Waals surface area contributed by atoms with E-state index in [2.05, 4.69) is 56.6 Å². The minimum absolute atomic E-state index is 0.117. The molecule has 29 heavy (non-hydrogen) atoms. The van der Waals surface area contributed by atoms with Gasteiger partial charge in [0.15, 0.2) is 16.6 Å². The van der Waals surface area contributed by atoms with Gasteiger partial charge in [-0.2, -0.15) is 0 Å². The zero-order valence-electron chi connectivity index (χ0n) is 20.5. The summed E-state index contributed by atoms with van der Waals surface area (Å²) in [5.74, 6) is -0.121. The number of likely N-dealkylation sites (N-methyl/N-ethyl adjacent to an activating group) is 1. The van der Waals surface area contributed by atoms with Gasteiger partial charge in [-0.1, -0.05) is 13.8 Å². The van der Waals surface area contributed by atoms with Crippen LogP contribution in [0.5, 0.6) is 0 Å². The second-order valence-corrected chi connectivity index (χ2v) is 18.9. The molecule has 0 aromatic heterocycles. The number of ether oxygens (including phenoxy) is 1. The predicted octanol–water partition coefficient (Wildman–Crippen LogP) is 2.29. The molecule has 0 aromatic rings. The second kappa shape index (κ2) is 13.2. The smallest absolute Gasteiger partial charge is 0.173 e. The van der Waals surface area contributed by atoms with E-state index in [0.717, 1.165) is 32.1 Å². The van der Waals surface area contributed by atoms with Crippen LogP contribution in [0.2, 0.25) is 38.8 Å². The monoisotopic (exact) mass is 449 g/mol. The van der Waals surface area contributed by atoms with Crippen molar-refractivity contribution in [1.29, 1.82) is 0 Å². The fourth-order valence-corrected chi connectivity index (χ4v) is 11.5. The summed E-state index contributed by atoms with van der Waals surface area (Å²) < 4.78 is 12.1. The van der Waals surface area contributed by atoms with Crippen molar-refractivity contribution >= 4 is 22.5 Å². The molecule has 0 rings (SSSR count). The first-order chi connectivity index (χ1) is 13.2. The molecule has 1 atom stereocenters. The van der Waals surface area contributed by atoms with Crippen LogP contribution < -0.4 is 5.11 Å². The van der Waals surface area contributed by atoms with Gasteiger partial charge in [0.1, 0.15) is 12.6 Å². The first kappa shape index (κ1) is 28.7. The molecular weight excluding hydrogens is 402 g/mol. The van der Waals surface area contributed by atoms with Crippen molar-refractivity contribution in [2.75, 3.05) is 53.5 Å². The van der Waals surface area contributed by atoms with Crippen LogP contribution in [0.25, 0.3) is 0 Å². The molecule has 0 radical (unpaired) electrons. The Hall–Kier alpha value is -0.296. The Balaban J connectivity index is 4.22. The molecule has 0 heterocycles. The Morgan fingerprint density at radius 1 is 1.14 bits per heavy atom. The average Bonchev–Trinajstić information content (AvgIpc) is 2.51. The highest BCUT2D eigenvalue weighted by Crippen LogP contribution is 2.19. The summed E-state index contributed by atoms with van der Waals surface area (Å²) in [6, 6.07) is 1.06. The fourth-order valence-electron chi connectivity index (χ4n) is 3.45. The molecule has 0 bridgehead atoms. The lowest BCUT2D eigenvalue weighted by atomic mass is 10.3. The Bertz CT molecular complexity index is 479. The maximum Gasteiger partial charge on any atom is 0.173 e. The molecule has 1 N–H and O–H groups in total.